The number of fused-ring (bicyclic) bond motifs is 1. The molecule has 150 valence electrons. The maximum Gasteiger partial charge on any atom is 0.308 e. The van der Waals surface area contributed by atoms with Gasteiger partial charge in [-0.05, 0) is 32.0 Å². The molecule has 9 nitrogen and oxygen atoms in total. The summed E-state index contributed by atoms with van der Waals surface area (Å²) in [5.74, 6) is -1.03. The van der Waals surface area contributed by atoms with E-state index in [1.54, 1.807) is 38.1 Å². The third-order valence-corrected chi connectivity index (χ3v) is 4.23. The van der Waals surface area contributed by atoms with Gasteiger partial charge in [0, 0.05) is 11.6 Å². The van der Waals surface area contributed by atoms with E-state index in [4.69, 9.17) is 4.74 Å². The zero-order chi connectivity index (χ0) is 21.0. The molecule has 1 heterocycles. The van der Waals surface area contributed by atoms with Crippen LogP contribution in [0.25, 0.3) is 11.0 Å². The van der Waals surface area contributed by atoms with E-state index in [2.05, 4.69) is 15.3 Å². The fourth-order valence-corrected chi connectivity index (χ4v) is 2.98. The predicted molar refractivity (Wildman–Crippen MR) is 105 cm³/mol. The summed E-state index contributed by atoms with van der Waals surface area (Å²) in [6.45, 7) is 3.41. The van der Waals surface area contributed by atoms with E-state index in [1.165, 1.54) is 24.5 Å². The third-order valence-electron chi connectivity index (χ3n) is 4.23. The molecule has 3 aromatic rings. The van der Waals surface area contributed by atoms with Gasteiger partial charge in [0.05, 0.1) is 46.4 Å². The van der Waals surface area contributed by atoms with Crippen LogP contribution in [0.4, 0.5) is 5.69 Å². The van der Waals surface area contributed by atoms with Crippen LogP contribution in [-0.4, -0.2) is 32.9 Å². The molecule has 0 aliphatic rings. The van der Waals surface area contributed by atoms with Gasteiger partial charge in [0.2, 0.25) is 0 Å². The van der Waals surface area contributed by atoms with Crippen LogP contribution in [-0.2, 0) is 9.53 Å². The first-order valence-electron chi connectivity index (χ1n) is 9.02. The topological polar surface area (TPSA) is 127 Å². The number of H-pyrrole nitrogens is 1. The molecule has 0 fully saturated rings. The molecule has 2 N–H and O–H groups in total. The lowest BCUT2D eigenvalue weighted by Crippen LogP contribution is -2.31. The summed E-state index contributed by atoms with van der Waals surface area (Å²) in [5, 5.41) is 14.2. The van der Waals surface area contributed by atoms with Crippen molar-refractivity contribution in [1.82, 2.24) is 15.3 Å². The number of para-hydroxylation sites is 1. The molecular formula is C20H20N4O5. The Labute approximate surface area is 166 Å². The Balaban J connectivity index is 1.91. The van der Waals surface area contributed by atoms with Crippen molar-refractivity contribution in [3.05, 3.63) is 70.0 Å². The lowest BCUT2D eigenvalue weighted by molar-refractivity contribution is -0.385. The number of carbonyl (C=O) groups excluding carboxylic acids is 2. The fourth-order valence-electron chi connectivity index (χ4n) is 2.98. The second-order valence-corrected chi connectivity index (χ2v) is 6.72. The number of rotatable bonds is 7. The standard InChI is InChI=1S/C20H20N4O5/c1-12(2)29-19(25)10-16(14-5-3-4-6-18(14)24(27)28)23-20(26)13-7-8-15-17(9-13)22-11-21-15/h3-9,11-12,16H,10H2,1-2H3,(H,21,22)(H,23,26)/t16-/m1/s1. The highest BCUT2D eigenvalue weighted by Crippen LogP contribution is 2.28. The molecule has 3 rings (SSSR count). The van der Waals surface area contributed by atoms with Crippen LogP contribution in [0.2, 0.25) is 0 Å². The second kappa shape index (κ2) is 8.51. The second-order valence-electron chi connectivity index (χ2n) is 6.72. The van der Waals surface area contributed by atoms with Gasteiger partial charge in [0.25, 0.3) is 11.6 Å². The minimum atomic E-state index is -0.923. The quantitative estimate of drug-likeness (QED) is 0.358. The highest BCUT2D eigenvalue weighted by atomic mass is 16.6. The summed E-state index contributed by atoms with van der Waals surface area (Å²) in [6, 6.07) is 9.98. The number of hydrogen-bond acceptors (Lipinski definition) is 6. The average molecular weight is 396 g/mol. The number of esters is 1. The monoisotopic (exact) mass is 396 g/mol. The van der Waals surface area contributed by atoms with E-state index < -0.39 is 22.8 Å². The first-order chi connectivity index (χ1) is 13.8. The summed E-state index contributed by atoms with van der Waals surface area (Å²) in [4.78, 5) is 42.9. The number of ether oxygens (including phenoxy) is 1. The molecule has 0 spiro atoms. The highest BCUT2D eigenvalue weighted by Gasteiger charge is 2.27. The van der Waals surface area contributed by atoms with E-state index >= 15 is 0 Å². The Hall–Kier alpha value is -3.75. The lowest BCUT2D eigenvalue weighted by Gasteiger charge is -2.19. The van der Waals surface area contributed by atoms with Crippen molar-refractivity contribution in [3.63, 3.8) is 0 Å². The number of nitrogens with one attached hydrogen (secondary N) is 2. The zero-order valence-electron chi connectivity index (χ0n) is 15.9. The molecule has 0 unspecified atom stereocenters. The Morgan fingerprint density at radius 3 is 2.72 bits per heavy atom. The van der Waals surface area contributed by atoms with Gasteiger partial charge in [-0.15, -0.1) is 0 Å². The Morgan fingerprint density at radius 1 is 1.24 bits per heavy atom. The molecule has 1 amide bonds. The molecule has 0 saturated carbocycles. The van der Waals surface area contributed by atoms with Crippen molar-refractivity contribution in [2.45, 2.75) is 32.4 Å². The van der Waals surface area contributed by atoms with Gasteiger partial charge >= 0.3 is 5.97 Å². The SMILES string of the molecule is CC(C)OC(=O)C[C@@H](NC(=O)c1ccc2nc[nH]c2c1)c1ccccc1[N+](=O)[O-]. The molecule has 9 heteroatoms. The Morgan fingerprint density at radius 2 is 2.00 bits per heavy atom. The van der Waals surface area contributed by atoms with Crippen LogP contribution in [0.3, 0.4) is 0 Å². The normalized spacial score (nSPS) is 12.0. The van der Waals surface area contributed by atoms with Crippen molar-refractivity contribution in [3.8, 4) is 0 Å². The summed E-state index contributed by atoms with van der Waals surface area (Å²) in [5.41, 5.74) is 1.77. The van der Waals surface area contributed by atoms with Gasteiger partial charge in [-0.25, -0.2) is 4.98 Å². The minimum absolute atomic E-state index is 0.181. The van der Waals surface area contributed by atoms with Gasteiger partial charge in [0.1, 0.15) is 0 Å². The fraction of sp³-hybridized carbons (Fsp3) is 0.250. The number of hydrogen-bond donors (Lipinski definition) is 2. The lowest BCUT2D eigenvalue weighted by atomic mass is 10.0. The van der Waals surface area contributed by atoms with Crippen LogP contribution >= 0.6 is 0 Å². The molecule has 29 heavy (non-hydrogen) atoms. The largest absolute Gasteiger partial charge is 0.463 e. The number of aromatic nitrogens is 2. The molecule has 1 atom stereocenters. The molecule has 1 aromatic heterocycles. The van der Waals surface area contributed by atoms with Crippen molar-refractivity contribution in [2.24, 2.45) is 0 Å². The number of imidazole rings is 1. The van der Waals surface area contributed by atoms with Crippen molar-refractivity contribution in [2.75, 3.05) is 0 Å². The van der Waals surface area contributed by atoms with E-state index in [9.17, 15) is 19.7 Å². The molecular weight excluding hydrogens is 376 g/mol. The number of amides is 1. The van der Waals surface area contributed by atoms with Crippen LogP contribution < -0.4 is 5.32 Å². The summed E-state index contributed by atoms with van der Waals surface area (Å²) in [6.07, 6.45) is 0.943. The molecule has 0 aliphatic carbocycles. The molecule has 0 radical (unpaired) electrons. The van der Waals surface area contributed by atoms with Crippen molar-refractivity contribution < 1.29 is 19.2 Å². The summed E-state index contributed by atoms with van der Waals surface area (Å²) < 4.78 is 5.16. The first-order valence-corrected chi connectivity index (χ1v) is 9.02. The smallest absolute Gasteiger partial charge is 0.308 e. The van der Waals surface area contributed by atoms with E-state index in [-0.39, 0.29) is 23.8 Å². The van der Waals surface area contributed by atoms with Gasteiger partial charge in [-0.2, -0.15) is 0 Å². The maximum atomic E-state index is 12.8. The number of nitro benzene ring substituents is 1. The van der Waals surface area contributed by atoms with E-state index in [0.29, 0.717) is 16.6 Å². The van der Waals surface area contributed by atoms with E-state index in [0.717, 1.165) is 0 Å². The number of nitro groups is 1. The third kappa shape index (κ3) is 4.75. The average Bonchev–Trinajstić information content (AvgIpc) is 3.14. The van der Waals surface area contributed by atoms with Crippen LogP contribution in [0, 0.1) is 10.1 Å². The molecule has 0 bridgehead atoms. The van der Waals surface area contributed by atoms with Crippen LogP contribution in [0.15, 0.2) is 48.8 Å². The first kappa shape index (κ1) is 20.0. The van der Waals surface area contributed by atoms with Crippen molar-refractivity contribution in [1.29, 1.82) is 0 Å². The van der Waals surface area contributed by atoms with Gasteiger partial charge < -0.3 is 15.0 Å². The van der Waals surface area contributed by atoms with Crippen LogP contribution in [0.1, 0.15) is 42.2 Å². The number of benzene rings is 2. The Kier molecular flexibility index (Phi) is 5.87. The minimum Gasteiger partial charge on any atom is -0.463 e. The van der Waals surface area contributed by atoms with Gasteiger partial charge in [0.15, 0.2) is 0 Å². The Bertz CT molecular complexity index is 1060. The van der Waals surface area contributed by atoms with Gasteiger partial charge in [-0.1, -0.05) is 18.2 Å². The number of nitrogens with zero attached hydrogens (tertiary/aromatic N) is 2. The van der Waals surface area contributed by atoms with Crippen molar-refractivity contribution >= 4 is 28.6 Å². The number of aromatic amines is 1. The summed E-state index contributed by atoms with van der Waals surface area (Å²) in [7, 11) is 0. The van der Waals surface area contributed by atoms with E-state index in [1.807, 2.05) is 0 Å². The maximum absolute atomic E-state index is 12.8. The zero-order valence-corrected chi connectivity index (χ0v) is 15.9. The summed E-state index contributed by atoms with van der Waals surface area (Å²) >= 11 is 0. The highest BCUT2D eigenvalue weighted by molar-refractivity contribution is 5.97. The van der Waals surface area contributed by atoms with Crippen LogP contribution in [0.5, 0.6) is 0 Å². The predicted octanol–water partition coefficient (Wildman–Crippen LogP) is 3.28. The molecule has 0 saturated heterocycles. The molecule has 0 aliphatic heterocycles. The molecule has 2 aromatic carbocycles. The number of carbonyl (C=O) groups is 2. The van der Waals surface area contributed by atoms with Gasteiger partial charge in [-0.3, -0.25) is 19.7 Å².